The van der Waals surface area contributed by atoms with Gasteiger partial charge in [0, 0.05) is 43.9 Å². The SMILES string of the molecule is O=C(c1cccc(N2CCNC2=O)c1)N1CCOC(Cc2ccc(F)cc2)C1. The summed E-state index contributed by atoms with van der Waals surface area (Å²) in [6, 6.07) is 13.4. The molecule has 4 rings (SSSR count). The minimum absolute atomic E-state index is 0.0751. The maximum absolute atomic E-state index is 13.1. The van der Waals surface area contributed by atoms with Gasteiger partial charge in [-0.05, 0) is 35.9 Å². The molecule has 2 aliphatic heterocycles. The van der Waals surface area contributed by atoms with Crippen molar-refractivity contribution in [1.29, 1.82) is 0 Å². The third-order valence-corrected chi connectivity index (χ3v) is 5.06. The molecule has 2 aromatic rings. The monoisotopic (exact) mass is 383 g/mol. The molecule has 2 aliphatic rings. The summed E-state index contributed by atoms with van der Waals surface area (Å²) in [6.07, 6.45) is 0.494. The van der Waals surface area contributed by atoms with E-state index in [2.05, 4.69) is 5.32 Å². The van der Waals surface area contributed by atoms with Crippen molar-refractivity contribution in [2.24, 2.45) is 0 Å². The molecule has 0 bridgehead atoms. The first-order valence-corrected chi connectivity index (χ1v) is 9.41. The molecule has 2 fully saturated rings. The summed E-state index contributed by atoms with van der Waals surface area (Å²) in [7, 11) is 0. The molecule has 28 heavy (non-hydrogen) atoms. The molecule has 3 amide bonds. The molecular weight excluding hydrogens is 361 g/mol. The van der Waals surface area contributed by atoms with Gasteiger partial charge in [0.2, 0.25) is 0 Å². The van der Waals surface area contributed by atoms with Crippen molar-refractivity contribution in [1.82, 2.24) is 10.2 Å². The number of carbonyl (C=O) groups is 2. The molecule has 2 heterocycles. The maximum Gasteiger partial charge on any atom is 0.321 e. The van der Waals surface area contributed by atoms with Crippen LogP contribution < -0.4 is 10.2 Å². The summed E-state index contributed by atoms with van der Waals surface area (Å²) in [6.45, 7) is 2.66. The Labute approximate surface area is 162 Å². The van der Waals surface area contributed by atoms with Crippen LogP contribution in [0.25, 0.3) is 0 Å². The molecule has 0 aromatic heterocycles. The van der Waals surface area contributed by atoms with E-state index in [1.165, 1.54) is 12.1 Å². The number of urea groups is 1. The number of rotatable bonds is 4. The number of benzene rings is 2. The van der Waals surface area contributed by atoms with Crippen molar-refractivity contribution in [2.75, 3.05) is 37.7 Å². The van der Waals surface area contributed by atoms with E-state index in [4.69, 9.17) is 4.74 Å². The van der Waals surface area contributed by atoms with Crippen LogP contribution >= 0.6 is 0 Å². The average molecular weight is 383 g/mol. The van der Waals surface area contributed by atoms with Crippen LogP contribution in [0, 0.1) is 5.82 Å². The fraction of sp³-hybridized carbons (Fsp3) is 0.333. The quantitative estimate of drug-likeness (QED) is 0.882. The number of nitrogens with one attached hydrogen (secondary N) is 1. The molecule has 146 valence electrons. The van der Waals surface area contributed by atoms with Gasteiger partial charge in [-0.3, -0.25) is 9.69 Å². The van der Waals surface area contributed by atoms with E-state index >= 15 is 0 Å². The Morgan fingerprint density at radius 1 is 1.18 bits per heavy atom. The number of amides is 3. The van der Waals surface area contributed by atoms with Gasteiger partial charge >= 0.3 is 6.03 Å². The van der Waals surface area contributed by atoms with Crippen LogP contribution in [-0.4, -0.2) is 55.7 Å². The van der Waals surface area contributed by atoms with Crippen LogP contribution in [0.3, 0.4) is 0 Å². The fourth-order valence-corrected chi connectivity index (χ4v) is 3.62. The first-order chi connectivity index (χ1) is 13.6. The van der Waals surface area contributed by atoms with Gasteiger partial charge in [-0.25, -0.2) is 9.18 Å². The maximum atomic E-state index is 13.1. The van der Waals surface area contributed by atoms with Gasteiger partial charge in [0.05, 0.1) is 12.7 Å². The van der Waals surface area contributed by atoms with Gasteiger partial charge in [-0.1, -0.05) is 18.2 Å². The molecule has 7 heteroatoms. The van der Waals surface area contributed by atoms with E-state index in [9.17, 15) is 14.0 Å². The molecule has 0 saturated carbocycles. The summed E-state index contributed by atoms with van der Waals surface area (Å²) in [5.74, 6) is -0.342. The molecule has 0 spiro atoms. The fourth-order valence-electron chi connectivity index (χ4n) is 3.62. The standard InChI is InChI=1S/C21H22FN3O3/c22-17-6-4-15(5-7-17)12-19-14-24(10-11-28-19)20(26)16-2-1-3-18(13-16)25-9-8-23-21(25)27/h1-7,13,19H,8-12,14H2,(H,23,27). The minimum atomic E-state index is -0.267. The number of hydrogen-bond acceptors (Lipinski definition) is 3. The second-order valence-electron chi connectivity index (χ2n) is 7.01. The smallest absolute Gasteiger partial charge is 0.321 e. The van der Waals surface area contributed by atoms with Gasteiger partial charge in [-0.2, -0.15) is 0 Å². The van der Waals surface area contributed by atoms with Crippen LogP contribution in [0.2, 0.25) is 0 Å². The van der Waals surface area contributed by atoms with Crippen molar-refractivity contribution >= 4 is 17.6 Å². The van der Waals surface area contributed by atoms with Crippen LogP contribution in [0.15, 0.2) is 48.5 Å². The predicted octanol–water partition coefficient (Wildman–Crippen LogP) is 2.44. The zero-order chi connectivity index (χ0) is 19.5. The summed E-state index contributed by atoms with van der Waals surface area (Å²) in [5, 5.41) is 2.76. The lowest BCUT2D eigenvalue weighted by Gasteiger charge is -2.33. The van der Waals surface area contributed by atoms with E-state index < -0.39 is 0 Å². The first-order valence-electron chi connectivity index (χ1n) is 9.41. The Kier molecular flexibility index (Phi) is 5.25. The Morgan fingerprint density at radius 3 is 2.75 bits per heavy atom. The highest BCUT2D eigenvalue weighted by Crippen LogP contribution is 2.21. The Morgan fingerprint density at radius 2 is 2.00 bits per heavy atom. The highest BCUT2D eigenvalue weighted by molar-refractivity contribution is 5.98. The molecule has 0 aliphatic carbocycles. The molecular formula is C21H22FN3O3. The van der Waals surface area contributed by atoms with Crippen molar-refractivity contribution in [3.8, 4) is 0 Å². The third kappa shape index (κ3) is 3.99. The van der Waals surface area contributed by atoms with Gasteiger partial charge < -0.3 is 15.0 Å². The highest BCUT2D eigenvalue weighted by atomic mass is 19.1. The second-order valence-corrected chi connectivity index (χ2v) is 7.01. The topological polar surface area (TPSA) is 61.9 Å². The predicted molar refractivity (Wildman–Crippen MR) is 103 cm³/mol. The number of morpholine rings is 1. The average Bonchev–Trinajstić information content (AvgIpc) is 3.15. The molecule has 1 atom stereocenters. The summed E-state index contributed by atoms with van der Waals surface area (Å²) in [5.41, 5.74) is 2.25. The Balaban J connectivity index is 1.44. The number of anilines is 1. The van der Waals surface area contributed by atoms with E-state index in [1.54, 1.807) is 40.1 Å². The van der Waals surface area contributed by atoms with E-state index in [0.717, 1.165) is 11.3 Å². The van der Waals surface area contributed by atoms with Gasteiger partial charge in [0.25, 0.3) is 5.91 Å². The number of nitrogens with zero attached hydrogens (tertiary/aromatic N) is 2. The molecule has 6 nitrogen and oxygen atoms in total. The van der Waals surface area contributed by atoms with Crippen LogP contribution in [0.1, 0.15) is 15.9 Å². The van der Waals surface area contributed by atoms with Crippen molar-refractivity contribution in [2.45, 2.75) is 12.5 Å². The Hall–Kier alpha value is -2.93. The zero-order valence-corrected chi connectivity index (χ0v) is 15.4. The molecule has 0 radical (unpaired) electrons. The normalized spacial score (nSPS) is 19.6. The van der Waals surface area contributed by atoms with Crippen LogP contribution in [0.5, 0.6) is 0 Å². The molecule has 1 N–H and O–H groups in total. The number of carbonyl (C=O) groups excluding carboxylic acids is 2. The lowest BCUT2D eigenvalue weighted by molar-refractivity contribution is -0.0208. The number of hydrogen-bond donors (Lipinski definition) is 1. The second kappa shape index (κ2) is 7.98. The molecule has 1 unspecified atom stereocenters. The van der Waals surface area contributed by atoms with Crippen LogP contribution in [-0.2, 0) is 11.2 Å². The minimum Gasteiger partial charge on any atom is -0.374 e. The molecule has 2 aromatic carbocycles. The van der Waals surface area contributed by atoms with Gasteiger partial charge in [0.15, 0.2) is 0 Å². The lowest BCUT2D eigenvalue weighted by Crippen LogP contribution is -2.46. The Bertz CT molecular complexity index is 871. The van der Waals surface area contributed by atoms with E-state index in [1.807, 2.05) is 6.07 Å². The lowest BCUT2D eigenvalue weighted by atomic mass is 10.1. The molecule has 2 saturated heterocycles. The number of halogens is 1. The van der Waals surface area contributed by atoms with Gasteiger partial charge in [0.1, 0.15) is 5.82 Å². The zero-order valence-electron chi connectivity index (χ0n) is 15.4. The first kappa shape index (κ1) is 18.4. The number of ether oxygens (including phenoxy) is 1. The van der Waals surface area contributed by atoms with E-state index in [-0.39, 0.29) is 23.9 Å². The summed E-state index contributed by atoms with van der Waals surface area (Å²) >= 11 is 0. The van der Waals surface area contributed by atoms with Crippen molar-refractivity contribution in [3.05, 3.63) is 65.5 Å². The summed E-state index contributed by atoms with van der Waals surface area (Å²) in [4.78, 5) is 28.3. The van der Waals surface area contributed by atoms with Gasteiger partial charge in [-0.15, -0.1) is 0 Å². The third-order valence-electron chi connectivity index (χ3n) is 5.06. The van der Waals surface area contributed by atoms with Crippen LogP contribution in [0.4, 0.5) is 14.9 Å². The summed E-state index contributed by atoms with van der Waals surface area (Å²) < 4.78 is 18.9. The van der Waals surface area contributed by atoms with Crippen molar-refractivity contribution in [3.63, 3.8) is 0 Å². The largest absolute Gasteiger partial charge is 0.374 e. The highest BCUT2D eigenvalue weighted by Gasteiger charge is 2.27. The van der Waals surface area contributed by atoms with E-state index in [0.29, 0.717) is 44.8 Å². The van der Waals surface area contributed by atoms with Crippen molar-refractivity contribution < 1.29 is 18.7 Å².